The molecule has 0 atom stereocenters. The molecule has 0 bridgehead atoms. The molecule has 4 heterocycles. The molecule has 2 aliphatic heterocycles. The summed E-state index contributed by atoms with van der Waals surface area (Å²) in [6, 6.07) is 0. The summed E-state index contributed by atoms with van der Waals surface area (Å²) in [7, 11) is 3.34. The highest BCUT2D eigenvalue weighted by Crippen LogP contribution is 2.42. The molecule has 0 aromatic carbocycles. The van der Waals surface area contributed by atoms with Gasteiger partial charge in [0.2, 0.25) is 5.91 Å². The maximum Gasteiger partial charge on any atom is 0.289 e. The van der Waals surface area contributed by atoms with E-state index in [1.54, 1.807) is 23.3 Å². The molecule has 1 spiro atoms. The van der Waals surface area contributed by atoms with E-state index < -0.39 is 5.54 Å². The SMILES string of the molecule is COCC(=O)N1CCc2[nH]cnc2C12CCN(C(=O)c1nccn1C)CC2. The molecule has 27 heavy (non-hydrogen) atoms. The zero-order valence-corrected chi connectivity index (χ0v) is 15.6. The molecular weight excluding hydrogens is 348 g/mol. The quantitative estimate of drug-likeness (QED) is 0.836. The Kier molecular flexibility index (Phi) is 4.47. The van der Waals surface area contributed by atoms with Crippen molar-refractivity contribution in [3.63, 3.8) is 0 Å². The topological polar surface area (TPSA) is 96.3 Å². The van der Waals surface area contributed by atoms with Crippen LogP contribution in [0.25, 0.3) is 0 Å². The number of carbonyl (C=O) groups is 2. The van der Waals surface area contributed by atoms with Crippen molar-refractivity contribution in [1.82, 2.24) is 29.3 Å². The Morgan fingerprint density at radius 3 is 2.70 bits per heavy atom. The lowest BCUT2D eigenvalue weighted by Crippen LogP contribution is -2.59. The number of aromatic amines is 1. The fraction of sp³-hybridized carbons (Fsp3) is 0.556. The number of rotatable bonds is 3. The zero-order chi connectivity index (χ0) is 19.0. The summed E-state index contributed by atoms with van der Waals surface area (Å²) in [5, 5.41) is 0. The monoisotopic (exact) mass is 372 g/mol. The van der Waals surface area contributed by atoms with Gasteiger partial charge in [0.05, 0.1) is 17.6 Å². The number of aryl methyl sites for hydroxylation is 1. The molecule has 1 saturated heterocycles. The molecule has 0 radical (unpaired) electrons. The van der Waals surface area contributed by atoms with Gasteiger partial charge in [-0.15, -0.1) is 0 Å². The van der Waals surface area contributed by atoms with Crippen molar-refractivity contribution in [2.45, 2.75) is 24.8 Å². The maximum absolute atomic E-state index is 12.8. The van der Waals surface area contributed by atoms with Crippen LogP contribution in [-0.4, -0.2) is 74.5 Å². The van der Waals surface area contributed by atoms with Crippen molar-refractivity contribution < 1.29 is 14.3 Å². The van der Waals surface area contributed by atoms with Gasteiger partial charge in [0.15, 0.2) is 5.82 Å². The first-order valence-corrected chi connectivity index (χ1v) is 9.15. The molecule has 2 amide bonds. The number of carbonyl (C=O) groups excluding carboxylic acids is 2. The van der Waals surface area contributed by atoms with Crippen LogP contribution < -0.4 is 0 Å². The van der Waals surface area contributed by atoms with Crippen LogP contribution in [0.3, 0.4) is 0 Å². The average Bonchev–Trinajstić information content (AvgIpc) is 3.31. The van der Waals surface area contributed by atoms with Gasteiger partial charge in [-0.05, 0) is 12.8 Å². The van der Waals surface area contributed by atoms with Crippen molar-refractivity contribution in [3.05, 3.63) is 35.9 Å². The normalized spacial score (nSPS) is 18.6. The molecule has 2 aliphatic rings. The maximum atomic E-state index is 12.8. The highest BCUT2D eigenvalue weighted by molar-refractivity contribution is 5.91. The van der Waals surface area contributed by atoms with E-state index in [0.717, 1.165) is 17.8 Å². The van der Waals surface area contributed by atoms with Gasteiger partial charge in [-0.25, -0.2) is 9.97 Å². The minimum Gasteiger partial charge on any atom is -0.375 e. The number of imidazole rings is 2. The number of ether oxygens (including phenoxy) is 1. The summed E-state index contributed by atoms with van der Waals surface area (Å²) < 4.78 is 6.82. The van der Waals surface area contributed by atoms with E-state index in [2.05, 4.69) is 15.0 Å². The Morgan fingerprint density at radius 1 is 1.26 bits per heavy atom. The van der Waals surface area contributed by atoms with E-state index in [0.29, 0.717) is 38.3 Å². The van der Waals surface area contributed by atoms with Crippen LogP contribution in [0.5, 0.6) is 0 Å². The molecular formula is C18H24N6O3. The Bertz CT molecular complexity index is 849. The number of H-pyrrole nitrogens is 1. The molecule has 4 rings (SSSR count). The molecule has 2 aromatic rings. The molecule has 144 valence electrons. The standard InChI is InChI=1S/C18H24N6O3/c1-22-10-6-19-16(22)17(26)23-8-4-18(5-9-23)15-13(20-12-21-15)3-7-24(18)14(25)11-27-2/h6,10,12H,3-5,7-9,11H2,1-2H3,(H,20,21). The van der Waals surface area contributed by atoms with Crippen LogP contribution >= 0.6 is 0 Å². The molecule has 1 fully saturated rings. The van der Waals surface area contributed by atoms with Gasteiger partial charge in [0, 0.05) is 58.3 Å². The van der Waals surface area contributed by atoms with Gasteiger partial charge in [-0.2, -0.15) is 0 Å². The molecule has 9 nitrogen and oxygen atoms in total. The van der Waals surface area contributed by atoms with Crippen LogP contribution in [0, 0.1) is 0 Å². The first kappa shape index (κ1) is 17.7. The lowest BCUT2D eigenvalue weighted by molar-refractivity contribution is -0.145. The van der Waals surface area contributed by atoms with Crippen LogP contribution in [0.4, 0.5) is 0 Å². The molecule has 0 saturated carbocycles. The number of methoxy groups -OCH3 is 1. The van der Waals surface area contributed by atoms with E-state index >= 15 is 0 Å². The van der Waals surface area contributed by atoms with Gasteiger partial charge in [-0.1, -0.05) is 0 Å². The second-order valence-electron chi connectivity index (χ2n) is 7.14. The fourth-order valence-corrected chi connectivity index (χ4v) is 4.34. The number of hydrogen-bond acceptors (Lipinski definition) is 5. The summed E-state index contributed by atoms with van der Waals surface area (Å²) in [5.41, 5.74) is 1.53. The highest BCUT2D eigenvalue weighted by Gasteiger charge is 2.49. The van der Waals surface area contributed by atoms with Gasteiger partial charge >= 0.3 is 0 Å². The van der Waals surface area contributed by atoms with Gasteiger partial charge in [0.25, 0.3) is 5.91 Å². The van der Waals surface area contributed by atoms with Crippen LogP contribution in [0.1, 0.15) is 34.8 Å². The van der Waals surface area contributed by atoms with E-state index in [-0.39, 0.29) is 18.4 Å². The van der Waals surface area contributed by atoms with Gasteiger partial charge in [-0.3, -0.25) is 9.59 Å². The smallest absolute Gasteiger partial charge is 0.289 e. The third-order valence-electron chi connectivity index (χ3n) is 5.72. The van der Waals surface area contributed by atoms with E-state index in [1.807, 2.05) is 16.8 Å². The zero-order valence-electron chi connectivity index (χ0n) is 15.6. The van der Waals surface area contributed by atoms with E-state index in [1.165, 1.54) is 7.11 Å². The fourth-order valence-electron chi connectivity index (χ4n) is 4.34. The molecule has 2 aromatic heterocycles. The molecule has 0 aliphatic carbocycles. The predicted molar refractivity (Wildman–Crippen MR) is 95.9 cm³/mol. The molecule has 9 heteroatoms. The summed E-state index contributed by atoms with van der Waals surface area (Å²) in [6.07, 6.45) is 7.14. The minimum absolute atomic E-state index is 0.0324. The number of hydrogen-bond donors (Lipinski definition) is 1. The Morgan fingerprint density at radius 2 is 2.04 bits per heavy atom. The predicted octanol–water partition coefficient (Wildman–Crippen LogP) is 0.306. The van der Waals surface area contributed by atoms with Gasteiger partial charge < -0.3 is 24.1 Å². The molecule has 0 unspecified atom stereocenters. The van der Waals surface area contributed by atoms with E-state index in [4.69, 9.17) is 4.74 Å². The van der Waals surface area contributed by atoms with Gasteiger partial charge in [0.1, 0.15) is 6.61 Å². The Hall–Kier alpha value is -2.68. The second-order valence-corrected chi connectivity index (χ2v) is 7.14. The lowest BCUT2D eigenvalue weighted by atomic mass is 9.78. The highest BCUT2D eigenvalue weighted by atomic mass is 16.5. The van der Waals surface area contributed by atoms with E-state index in [9.17, 15) is 9.59 Å². The minimum atomic E-state index is -0.485. The molecule has 1 N–H and O–H groups in total. The largest absolute Gasteiger partial charge is 0.375 e. The number of aromatic nitrogens is 4. The number of piperidine rings is 1. The van der Waals surface area contributed by atoms with Crippen LogP contribution in [-0.2, 0) is 28.5 Å². The van der Waals surface area contributed by atoms with Crippen molar-refractivity contribution in [2.24, 2.45) is 7.05 Å². The number of fused-ring (bicyclic) bond motifs is 2. The van der Waals surface area contributed by atoms with Crippen LogP contribution in [0.15, 0.2) is 18.7 Å². The third kappa shape index (κ3) is 2.82. The Labute approximate surface area is 157 Å². The van der Waals surface area contributed by atoms with Crippen molar-refractivity contribution in [3.8, 4) is 0 Å². The number of amides is 2. The third-order valence-corrected chi connectivity index (χ3v) is 5.72. The first-order chi connectivity index (χ1) is 13.1. The lowest BCUT2D eigenvalue weighted by Gasteiger charge is -2.50. The number of nitrogens with one attached hydrogen (secondary N) is 1. The average molecular weight is 372 g/mol. The number of likely N-dealkylation sites (tertiary alicyclic amines) is 1. The number of nitrogens with zero attached hydrogens (tertiary/aromatic N) is 5. The summed E-state index contributed by atoms with van der Waals surface area (Å²) in [4.78, 5) is 41.1. The Balaban J connectivity index is 1.59. The second kappa shape index (κ2) is 6.80. The van der Waals surface area contributed by atoms with Crippen molar-refractivity contribution in [1.29, 1.82) is 0 Å². The van der Waals surface area contributed by atoms with Crippen molar-refractivity contribution >= 4 is 11.8 Å². The van der Waals surface area contributed by atoms with Crippen LogP contribution in [0.2, 0.25) is 0 Å². The summed E-state index contributed by atoms with van der Waals surface area (Å²) in [6.45, 7) is 1.78. The first-order valence-electron chi connectivity index (χ1n) is 9.15. The van der Waals surface area contributed by atoms with Crippen molar-refractivity contribution in [2.75, 3.05) is 33.4 Å². The summed E-state index contributed by atoms with van der Waals surface area (Å²) >= 11 is 0. The summed E-state index contributed by atoms with van der Waals surface area (Å²) in [5.74, 6) is 0.322.